The number of nitrogens with one attached hydrogen (secondary N) is 2. The fourth-order valence-corrected chi connectivity index (χ4v) is 4.32. The van der Waals surface area contributed by atoms with E-state index >= 15 is 0 Å². The van der Waals surface area contributed by atoms with Crippen LogP contribution in [0.2, 0.25) is 0 Å². The number of aromatic amines is 1. The Bertz CT molecular complexity index is 1200. The van der Waals surface area contributed by atoms with Crippen LogP contribution in [0, 0.1) is 16.7 Å². The maximum atomic E-state index is 8.87. The van der Waals surface area contributed by atoms with Crippen molar-refractivity contribution in [1.82, 2.24) is 34.5 Å². The van der Waals surface area contributed by atoms with Gasteiger partial charge in [0.25, 0.3) is 0 Å². The molecule has 2 N–H and O–H groups in total. The highest BCUT2D eigenvalue weighted by molar-refractivity contribution is 5.74. The third-order valence-corrected chi connectivity index (χ3v) is 5.63. The number of hydrogen-bond acceptors (Lipinski definition) is 7. The number of anilines is 1. The number of fused-ring (bicyclic) bond motifs is 3. The molecule has 0 amide bonds. The minimum Gasteiger partial charge on any atom is -0.366 e. The average molecular weight is 373 g/mol. The Morgan fingerprint density at radius 2 is 2.11 bits per heavy atom. The molecule has 0 radical (unpaired) electrons. The van der Waals surface area contributed by atoms with Crippen molar-refractivity contribution in [2.75, 3.05) is 5.32 Å². The second-order valence-electron chi connectivity index (χ2n) is 7.94. The monoisotopic (exact) mass is 373 g/mol. The molecule has 0 aliphatic heterocycles. The van der Waals surface area contributed by atoms with Crippen LogP contribution in [0.4, 0.5) is 5.82 Å². The van der Waals surface area contributed by atoms with Gasteiger partial charge in [-0.3, -0.25) is 4.40 Å². The van der Waals surface area contributed by atoms with Gasteiger partial charge in [0.15, 0.2) is 17.0 Å². The predicted molar refractivity (Wildman–Crippen MR) is 103 cm³/mol. The number of hydrogen-bond donors (Lipinski definition) is 2. The molecule has 140 valence electrons. The largest absolute Gasteiger partial charge is 0.366 e. The lowest BCUT2D eigenvalue weighted by molar-refractivity contribution is 0.320. The highest BCUT2D eigenvalue weighted by Crippen LogP contribution is 2.49. The van der Waals surface area contributed by atoms with Gasteiger partial charge in [-0.25, -0.2) is 15.0 Å². The molecule has 0 bridgehead atoms. The SMILES string of the molecule is CC1(C)C[C@@H](Nc2cnc(C#N)cn2)C[C@H]1c1nnc2cnc3[nH]ccc3n12. The van der Waals surface area contributed by atoms with Crippen LogP contribution in [0.25, 0.3) is 16.8 Å². The molecule has 28 heavy (non-hydrogen) atoms. The van der Waals surface area contributed by atoms with Crippen molar-refractivity contribution in [3.63, 3.8) is 0 Å². The Morgan fingerprint density at radius 1 is 1.21 bits per heavy atom. The second kappa shape index (κ2) is 5.99. The van der Waals surface area contributed by atoms with E-state index in [1.807, 2.05) is 18.3 Å². The van der Waals surface area contributed by atoms with Gasteiger partial charge in [-0.1, -0.05) is 13.8 Å². The molecule has 9 heteroatoms. The highest BCUT2D eigenvalue weighted by Gasteiger charge is 2.44. The molecule has 5 rings (SSSR count). The molecule has 4 aromatic heterocycles. The Balaban J connectivity index is 1.48. The van der Waals surface area contributed by atoms with Gasteiger partial charge in [-0.15, -0.1) is 10.2 Å². The standard InChI is InChI=1S/C19H19N9/c1-19(2)6-11(25-15-9-22-12(7-20)8-23-15)5-13(19)18-27-26-16-10-24-17-14(28(16)18)3-4-21-17/h3-4,8-11,13,21H,5-6H2,1-2H3,(H,23,25)/t11-,13-/m0/s1. The summed E-state index contributed by atoms with van der Waals surface area (Å²) in [6, 6.07) is 4.23. The highest BCUT2D eigenvalue weighted by atomic mass is 15.3. The first kappa shape index (κ1) is 16.6. The quantitative estimate of drug-likeness (QED) is 0.566. The van der Waals surface area contributed by atoms with Crippen LogP contribution < -0.4 is 5.32 Å². The zero-order valence-electron chi connectivity index (χ0n) is 15.6. The van der Waals surface area contributed by atoms with Crippen LogP contribution in [0.15, 0.2) is 30.9 Å². The molecule has 1 aliphatic carbocycles. The van der Waals surface area contributed by atoms with Crippen LogP contribution in [0.3, 0.4) is 0 Å². The minimum atomic E-state index is 0.0343. The van der Waals surface area contributed by atoms with E-state index in [9.17, 15) is 0 Å². The average Bonchev–Trinajstić information content (AvgIpc) is 3.38. The first-order valence-electron chi connectivity index (χ1n) is 9.21. The number of rotatable bonds is 3. The number of nitriles is 1. The number of H-pyrrole nitrogens is 1. The van der Waals surface area contributed by atoms with Gasteiger partial charge < -0.3 is 10.3 Å². The predicted octanol–water partition coefficient (Wildman–Crippen LogP) is 2.65. The molecular formula is C19H19N9. The summed E-state index contributed by atoms with van der Waals surface area (Å²) in [4.78, 5) is 15.9. The zero-order chi connectivity index (χ0) is 19.3. The van der Waals surface area contributed by atoms with Gasteiger partial charge in [-0.2, -0.15) is 5.26 Å². The minimum absolute atomic E-state index is 0.0343. The number of nitrogens with zero attached hydrogens (tertiary/aromatic N) is 7. The molecule has 1 saturated carbocycles. The van der Waals surface area contributed by atoms with E-state index in [1.54, 1.807) is 12.4 Å². The molecule has 1 fully saturated rings. The summed E-state index contributed by atoms with van der Waals surface area (Å²) < 4.78 is 2.11. The summed E-state index contributed by atoms with van der Waals surface area (Å²) >= 11 is 0. The van der Waals surface area contributed by atoms with E-state index in [0.717, 1.165) is 35.5 Å². The maximum Gasteiger partial charge on any atom is 0.179 e. The Kier molecular flexibility index (Phi) is 3.55. The van der Waals surface area contributed by atoms with Crippen LogP contribution in [0.5, 0.6) is 0 Å². The number of aromatic nitrogens is 7. The molecule has 2 atom stereocenters. The summed E-state index contributed by atoms with van der Waals surface area (Å²) in [7, 11) is 0. The molecule has 0 spiro atoms. The van der Waals surface area contributed by atoms with E-state index in [1.165, 1.54) is 6.20 Å². The second-order valence-corrected chi connectivity index (χ2v) is 7.94. The van der Waals surface area contributed by atoms with E-state index in [-0.39, 0.29) is 17.4 Å². The van der Waals surface area contributed by atoms with E-state index in [2.05, 4.69) is 53.7 Å². The molecule has 4 heterocycles. The smallest absolute Gasteiger partial charge is 0.179 e. The van der Waals surface area contributed by atoms with Crippen LogP contribution in [-0.4, -0.2) is 40.6 Å². The van der Waals surface area contributed by atoms with Gasteiger partial charge in [0, 0.05) is 18.2 Å². The lowest BCUT2D eigenvalue weighted by Gasteiger charge is -2.25. The Labute approximate surface area is 160 Å². The van der Waals surface area contributed by atoms with E-state index in [0.29, 0.717) is 11.5 Å². The van der Waals surface area contributed by atoms with Crippen LogP contribution >= 0.6 is 0 Å². The van der Waals surface area contributed by atoms with Gasteiger partial charge >= 0.3 is 0 Å². The fourth-order valence-electron chi connectivity index (χ4n) is 4.32. The van der Waals surface area contributed by atoms with Gasteiger partial charge in [0.2, 0.25) is 0 Å². The van der Waals surface area contributed by atoms with Crippen molar-refractivity contribution >= 4 is 22.6 Å². The molecule has 9 nitrogen and oxygen atoms in total. The molecule has 0 unspecified atom stereocenters. The third-order valence-electron chi connectivity index (χ3n) is 5.63. The van der Waals surface area contributed by atoms with Crippen LogP contribution in [0.1, 0.15) is 44.1 Å². The zero-order valence-corrected chi connectivity index (χ0v) is 15.6. The van der Waals surface area contributed by atoms with Crippen molar-refractivity contribution in [2.24, 2.45) is 5.41 Å². The lowest BCUT2D eigenvalue weighted by atomic mass is 9.81. The van der Waals surface area contributed by atoms with Crippen molar-refractivity contribution in [2.45, 2.75) is 38.6 Å². The summed E-state index contributed by atoms with van der Waals surface area (Å²) in [5.41, 5.74) is 2.92. The summed E-state index contributed by atoms with van der Waals surface area (Å²) in [5, 5.41) is 21.2. The summed E-state index contributed by atoms with van der Waals surface area (Å²) in [6.45, 7) is 4.53. The topological polar surface area (TPSA) is 120 Å². The van der Waals surface area contributed by atoms with Gasteiger partial charge in [0.1, 0.15) is 17.7 Å². The Morgan fingerprint density at radius 3 is 2.89 bits per heavy atom. The Hall–Kier alpha value is -3.54. The molecular weight excluding hydrogens is 354 g/mol. The summed E-state index contributed by atoms with van der Waals surface area (Å²) in [5.74, 6) is 1.87. The van der Waals surface area contributed by atoms with Crippen molar-refractivity contribution < 1.29 is 0 Å². The lowest BCUT2D eigenvalue weighted by Crippen LogP contribution is -2.19. The summed E-state index contributed by atoms with van der Waals surface area (Å²) in [6.07, 6.45) is 8.61. The van der Waals surface area contributed by atoms with E-state index in [4.69, 9.17) is 5.26 Å². The van der Waals surface area contributed by atoms with Crippen LogP contribution in [-0.2, 0) is 0 Å². The fraction of sp³-hybridized carbons (Fsp3) is 0.368. The van der Waals surface area contributed by atoms with E-state index < -0.39 is 0 Å². The molecule has 4 aromatic rings. The van der Waals surface area contributed by atoms with Crippen molar-refractivity contribution in [3.8, 4) is 6.07 Å². The molecule has 1 aliphatic rings. The normalized spacial score (nSPS) is 21.2. The first-order chi connectivity index (χ1) is 13.5. The van der Waals surface area contributed by atoms with Crippen molar-refractivity contribution in [1.29, 1.82) is 5.26 Å². The first-order valence-corrected chi connectivity index (χ1v) is 9.21. The maximum absolute atomic E-state index is 8.87. The van der Waals surface area contributed by atoms with Gasteiger partial charge in [0.05, 0.1) is 24.1 Å². The molecule has 0 aromatic carbocycles. The molecule has 0 saturated heterocycles. The van der Waals surface area contributed by atoms with Gasteiger partial charge in [-0.05, 0) is 24.3 Å². The third kappa shape index (κ3) is 2.57. The van der Waals surface area contributed by atoms with Crippen molar-refractivity contribution in [3.05, 3.63) is 42.4 Å².